The smallest absolute Gasteiger partial charge is 0.155 e. The Bertz CT molecular complexity index is 632. The highest BCUT2D eigenvalue weighted by Gasteiger charge is 2.64. The highest BCUT2D eigenvalue weighted by Crippen LogP contribution is 2.71. The summed E-state index contributed by atoms with van der Waals surface area (Å²) in [5, 5.41) is 0. The van der Waals surface area contributed by atoms with Crippen molar-refractivity contribution in [1.29, 1.82) is 0 Å². The fraction of sp³-hybridized carbons (Fsp3) is 0.818. The van der Waals surface area contributed by atoms with Gasteiger partial charge in [0.25, 0.3) is 0 Å². The largest absolute Gasteiger partial charge is 0.300 e. The average Bonchev–Trinajstić information content (AvgIpc) is 2.87. The summed E-state index contributed by atoms with van der Waals surface area (Å²) in [5.74, 6) is 2.38. The van der Waals surface area contributed by atoms with E-state index >= 15 is 0 Å². The average molecular weight is 328 g/mol. The lowest BCUT2D eigenvalue weighted by atomic mass is 9.41. The van der Waals surface area contributed by atoms with Gasteiger partial charge in [-0.15, -0.1) is 0 Å². The van der Waals surface area contributed by atoms with Crippen LogP contribution >= 0.6 is 0 Å². The molecule has 0 aliphatic heterocycles. The molecule has 0 bridgehead atoms. The second-order valence-electron chi connectivity index (χ2n) is 9.95. The van der Waals surface area contributed by atoms with Gasteiger partial charge in [-0.05, 0) is 86.0 Å². The molecule has 4 aliphatic carbocycles. The van der Waals surface area contributed by atoms with E-state index in [0.29, 0.717) is 28.8 Å². The first kappa shape index (κ1) is 16.5. The second-order valence-corrected chi connectivity index (χ2v) is 9.95. The number of carbonyl (C=O) groups excluding carboxylic acids is 2. The predicted octanol–water partition coefficient (Wildman–Crippen LogP) is 5.11. The summed E-state index contributed by atoms with van der Waals surface area (Å²) in [4.78, 5) is 24.2. The lowest BCUT2D eigenvalue weighted by molar-refractivity contribution is -0.138. The lowest BCUT2D eigenvalue weighted by Crippen LogP contribution is -2.56. The number of carbonyl (C=O) groups is 2. The summed E-state index contributed by atoms with van der Waals surface area (Å²) < 4.78 is 0. The molecular weight excluding hydrogens is 296 g/mol. The highest BCUT2D eigenvalue weighted by atomic mass is 16.1. The van der Waals surface area contributed by atoms with Gasteiger partial charge in [-0.25, -0.2) is 0 Å². The first-order valence-electron chi connectivity index (χ1n) is 9.96. The molecule has 4 rings (SSSR count). The minimum atomic E-state index is 0.207. The van der Waals surface area contributed by atoms with Gasteiger partial charge < -0.3 is 0 Å². The molecule has 0 heterocycles. The normalized spacial score (nSPS) is 50.6. The molecule has 0 N–H and O–H groups in total. The molecule has 0 aromatic carbocycles. The van der Waals surface area contributed by atoms with E-state index in [-0.39, 0.29) is 16.7 Å². The van der Waals surface area contributed by atoms with E-state index in [1.807, 2.05) is 13.0 Å². The molecule has 3 fully saturated rings. The first-order valence-corrected chi connectivity index (χ1v) is 9.96. The first-order chi connectivity index (χ1) is 11.2. The third-order valence-electron chi connectivity index (χ3n) is 9.05. The van der Waals surface area contributed by atoms with E-state index in [2.05, 4.69) is 20.8 Å². The number of hydrogen-bond donors (Lipinski definition) is 0. The SMILES string of the molecule is CC(=O)[C@H]1CC[C@@H]2[C@]1(C)CCC1[C@@]3(C)CCC(=O)C=C3CC[C@]12C. The minimum absolute atomic E-state index is 0.207. The number of hydrogen-bond acceptors (Lipinski definition) is 2. The van der Waals surface area contributed by atoms with Gasteiger partial charge in [-0.3, -0.25) is 9.59 Å². The quantitative estimate of drug-likeness (QED) is 0.670. The van der Waals surface area contributed by atoms with Gasteiger partial charge >= 0.3 is 0 Å². The molecule has 0 spiro atoms. The molecule has 24 heavy (non-hydrogen) atoms. The van der Waals surface area contributed by atoms with Crippen LogP contribution in [0, 0.1) is 34.0 Å². The van der Waals surface area contributed by atoms with Gasteiger partial charge in [-0.1, -0.05) is 26.3 Å². The topological polar surface area (TPSA) is 34.1 Å². The van der Waals surface area contributed by atoms with Crippen LogP contribution in [0.4, 0.5) is 0 Å². The maximum absolute atomic E-state index is 12.3. The van der Waals surface area contributed by atoms with Crippen LogP contribution in [0.2, 0.25) is 0 Å². The Kier molecular flexibility index (Phi) is 3.48. The third kappa shape index (κ3) is 1.95. The van der Waals surface area contributed by atoms with Crippen molar-refractivity contribution < 1.29 is 9.59 Å². The number of rotatable bonds is 1. The van der Waals surface area contributed by atoms with E-state index in [9.17, 15) is 9.59 Å². The predicted molar refractivity (Wildman–Crippen MR) is 95.5 cm³/mol. The Morgan fingerprint density at radius 1 is 0.958 bits per heavy atom. The monoisotopic (exact) mass is 328 g/mol. The van der Waals surface area contributed by atoms with Crippen molar-refractivity contribution in [3.63, 3.8) is 0 Å². The maximum atomic E-state index is 12.3. The molecular formula is C22H32O2. The van der Waals surface area contributed by atoms with Gasteiger partial charge in [0.2, 0.25) is 0 Å². The zero-order chi connectivity index (χ0) is 17.3. The Morgan fingerprint density at radius 2 is 1.71 bits per heavy atom. The van der Waals surface area contributed by atoms with Crippen LogP contribution in [0.15, 0.2) is 11.6 Å². The van der Waals surface area contributed by atoms with Gasteiger partial charge in [0.1, 0.15) is 5.78 Å². The van der Waals surface area contributed by atoms with Crippen LogP contribution in [0.5, 0.6) is 0 Å². The molecule has 3 saturated carbocycles. The van der Waals surface area contributed by atoms with Crippen molar-refractivity contribution in [2.75, 3.05) is 0 Å². The van der Waals surface area contributed by atoms with Crippen LogP contribution in [0.1, 0.15) is 79.1 Å². The zero-order valence-corrected chi connectivity index (χ0v) is 15.8. The van der Waals surface area contributed by atoms with E-state index in [0.717, 1.165) is 25.7 Å². The summed E-state index contributed by atoms with van der Waals surface area (Å²) in [7, 11) is 0. The van der Waals surface area contributed by atoms with Crippen LogP contribution in [0.3, 0.4) is 0 Å². The van der Waals surface area contributed by atoms with Crippen molar-refractivity contribution in [1.82, 2.24) is 0 Å². The van der Waals surface area contributed by atoms with E-state index in [1.54, 1.807) is 0 Å². The summed E-state index contributed by atoms with van der Waals surface area (Å²) in [6.07, 6.45) is 10.8. The summed E-state index contributed by atoms with van der Waals surface area (Å²) >= 11 is 0. The molecule has 0 amide bonds. The van der Waals surface area contributed by atoms with E-state index in [4.69, 9.17) is 0 Å². The minimum Gasteiger partial charge on any atom is -0.300 e. The fourth-order valence-corrected chi connectivity index (χ4v) is 7.89. The Balaban J connectivity index is 1.74. The van der Waals surface area contributed by atoms with Crippen molar-refractivity contribution in [3.8, 4) is 0 Å². The van der Waals surface area contributed by atoms with Crippen LogP contribution in [0.25, 0.3) is 0 Å². The molecule has 132 valence electrons. The van der Waals surface area contributed by atoms with Gasteiger partial charge in [0.15, 0.2) is 5.78 Å². The third-order valence-corrected chi connectivity index (χ3v) is 9.05. The Labute approximate surface area is 146 Å². The van der Waals surface area contributed by atoms with E-state index in [1.165, 1.54) is 31.3 Å². The van der Waals surface area contributed by atoms with E-state index < -0.39 is 0 Å². The Morgan fingerprint density at radius 3 is 2.42 bits per heavy atom. The number of allylic oxidation sites excluding steroid dienone is 1. The number of Topliss-reactive ketones (excluding diaryl/α,β-unsaturated/α-hetero) is 1. The van der Waals surface area contributed by atoms with Crippen LogP contribution < -0.4 is 0 Å². The number of fused-ring (bicyclic) bond motifs is 5. The molecule has 2 heteroatoms. The molecule has 1 unspecified atom stereocenters. The highest BCUT2D eigenvalue weighted by molar-refractivity contribution is 5.91. The standard InChI is InChI=1S/C22H32O2/c1-14(23)17-5-6-18-21(17,3)12-9-19-20(2)11-8-16(24)13-15(20)7-10-22(18,19)4/h13,17-19H,5-12H2,1-4H3/t17-,18-,19?,20+,21-,22+/m1/s1. The Hall–Kier alpha value is -0.920. The van der Waals surface area contributed by atoms with Crippen molar-refractivity contribution in [2.45, 2.75) is 79.1 Å². The fourth-order valence-electron chi connectivity index (χ4n) is 7.89. The zero-order valence-electron chi connectivity index (χ0n) is 15.8. The second kappa shape index (κ2) is 5.05. The number of ketones is 2. The van der Waals surface area contributed by atoms with Crippen LogP contribution in [-0.2, 0) is 9.59 Å². The molecule has 0 aromatic rings. The summed E-state index contributed by atoms with van der Waals surface area (Å²) in [6, 6.07) is 0. The molecule has 2 nitrogen and oxygen atoms in total. The molecule has 6 atom stereocenters. The molecule has 0 radical (unpaired) electrons. The molecule has 0 saturated heterocycles. The van der Waals surface area contributed by atoms with Crippen molar-refractivity contribution in [3.05, 3.63) is 11.6 Å². The lowest BCUT2D eigenvalue weighted by Gasteiger charge is -2.63. The summed E-state index contributed by atoms with van der Waals surface area (Å²) in [6.45, 7) is 9.19. The van der Waals surface area contributed by atoms with Crippen LogP contribution in [-0.4, -0.2) is 11.6 Å². The van der Waals surface area contributed by atoms with Gasteiger partial charge in [-0.2, -0.15) is 0 Å². The molecule has 4 aliphatic rings. The summed E-state index contributed by atoms with van der Waals surface area (Å²) in [5.41, 5.74) is 2.20. The van der Waals surface area contributed by atoms with Gasteiger partial charge in [0, 0.05) is 12.3 Å². The van der Waals surface area contributed by atoms with Crippen molar-refractivity contribution >= 4 is 11.6 Å². The van der Waals surface area contributed by atoms with Crippen molar-refractivity contribution in [2.24, 2.45) is 34.0 Å². The maximum Gasteiger partial charge on any atom is 0.155 e. The van der Waals surface area contributed by atoms with Gasteiger partial charge in [0.05, 0.1) is 0 Å². The molecule has 0 aromatic heterocycles.